The SMILES string of the molecule is CCCC1(CC)CCN(C)C1.Cc1ccc(C)cc1. The Bertz CT molecular complexity index is 329. The second-order valence-electron chi connectivity index (χ2n) is 6.25. The Balaban J connectivity index is 0.000000200. The van der Waals surface area contributed by atoms with E-state index in [-0.39, 0.29) is 0 Å². The molecule has 1 saturated heterocycles. The quantitative estimate of drug-likeness (QED) is 0.754. The van der Waals surface area contributed by atoms with Gasteiger partial charge in [0.15, 0.2) is 0 Å². The molecule has 1 aromatic carbocycles. The third kappa shape index (κ3) is 5.36. The molecule has 0 radical (unpaired) electrons. The van der Waals surface area contributed by atoms with Crippen LogP contribution in [0.3, 0.4) is 0 Å². The summed E-state index contributed by atoms with van der Waals surface area (Å²) in [6, 6.07) is 8.48. The van der Waals surface area contributed by atoms with Gasteiger partial charge in [0.05, 0.1) is 0 Å². The zero-order valence-corrected chi connectivity index (χ0v) is 13.5. The number of rotatable bonds is 3. The first-order valence-corrected chi connectivity index (χ1v) is 7.73. The molecule has 0 bridgehead atoms. The van der Waals surface area contributed by atoms with Crippen LogP contribution in [-0.2, 0) is 0 Å². The van der Waals surface area contributed by atoms with Crippen molar-refractivity contribution in [1.29, 1.82) is 0 Å². The van der Waals surface area contributed by atoms with Gasteiger partial charge in [0.25, 0.3) is 0 Å². The van der Waals surface area contributed by atoms with Gasteiger partial charge in [0.2, 0.25) is 0 Å². The van der Waals surface area contributed by atoms with Gasteiger partial charge in [-0.2, -0.15) is 0 Å². The molecule has 1 aliphatic heterocycles. The lowest BCUT2D eigenvalue weighted by atomic mass is 9.80. The molecule has 0 spiro atoms. The normalized spacial score (nSPS) is 23.0. The van der Waals surface area contributed by atoms with Crippen molar-refractivity contribution in [2.24, 2.45) is 5.41 Å². The molecule has 1 nitrogen and oxygen atoms in total. The number of benzene rings is 1. The highest BCUT2D eigenvalue weighted by molar-refractivity contribution is 5.19. The summed E-state index contributed by atoms with van der Waals surface area (Å²) in [6.45, 7) is 11.5. The monoisotopic (exact) mass is 261 g/mol. The molecule has 1 atom stereocenters. The molecule has 1 heteroatoms. The first-order valence-electron chi connectivity index (χ1n) is 7.73. The van der Waals surface area contributed by atoms with Gasteiger partial charge < -0.3 is 4.90 Å². The summed E-state index contributed by atoms with van der Waals surface area (Å²) < 4.78 is 0. The molecular formula is C18H31N. The van der Waals surface area contributed by atoms with Crippen molar-refractivity contribution >= 4 is 0 Å². The minimum Gasteiger partial charge on any atom is -0.306 e. The van der Waals surface area contributed by atoms with Gasteiger partial charge in [0.1, 0.15) is 0 Å². The summed E-state index contributed by atoms with van der Waals surface area (Å²) in [5.74, 6) is 0. The molecule has 2 rings (SSSR count). The van der Waals surface area contributed by atoms with Crippen molar-refractivity contribution in [2.75, 3.05) is 20.1 Å². The maximum absolute atomic E-state index is 2.47. The summed E-state index contributed by atoms with van der Waals surface area (Å²) >= 11 is 0. The van der Waals surface area contributed by atoms with E-state index in [1.807, 2.05) is 0 Å². The van der Waals surface area contributed by atoms with Crippen LogP contribution in [0.25, 0.3) is 0 Å². The van der Waals surface area contributed by atoms with Crippen LogP contribution in [0.5, 0.6) is 0 Å². The van der Waals surface area contributed by atoms with E-state index in [2.05, 4.69) is 63.9 Å². The average molecular weight is 261 g/mol. The molecule has 0 saturated carbocycles. The van der Waals surface area contributed by atoms with Crippen LogP contribution in [0.1, 0.15) is 50.7 Å². The average Bonchev–Trinajstić information content (AvgIpc) is 2.76. The Morgan fingerprint density at radius 3 is 1.89 bits per heavy atom. The Kier molecular flexibility index (Phi) is 6.57. The smallest absolute Gasteiger partial charge is 0.00353 e. The number of likely N-dealkylation sites (tertiary alicyclic amines) is 1. The Morgan fingerprint density at radius 1 is 1.05 bits per heavy atom. The van der Waals surface area contributed by atoms with Crippen LogP contribution in [0, 0.1) is 19.3 Å². The summed E-state index contributed by atoms with van der Waals surface area (Å²) in [6.07, 6.45) is 5.56. The lowest BCUT2D eigenvalue weighted by molar-refractivity contribution is 0.248. The van der Waals surface area contributed by atoms with E-state index in [0.29, 0.717) is 5.41 Å². The number of aryl methyl sites for hydroxylation is 2. The molecule has 1 aromatic rings. The summed E-state index contributed by atoms with van der Waals surface area (Å²) in [5.41, 5.74) is 3.34. The molecule has 1 aliphatic rings. The van der Waals surface area contributed by atoms with Crippen molar-refractivity contribution in [1.82, 2.24) is 4.90 Å². The fraction of sp³-hybridized carbons (Fsp3) is 0.667. The zero-order valence-electron chi connectivity index (χ0n) is 13.5. The minimum atomic E-state index is 0.684. The largest absolute Gasteiger partial charge is 0.306 e. The zero-order chi connectivity index (χ0) is 14.3. The molecule has 0 amide bonds. The predicted octanol–water partition coefficient (Wildman–Crippen LogP) is 4.82. The van der Waals surface area contributed by atoms with E-state index in [9.17, 15) is 0 Å². The topological polar surface area (TPSA) is 3.24 Å². The fourth-order valence-corrected chi connectivity index (χ4v) is 3.00. The van der Waals surface area contributed by atoms with Crippen molar-refractivity contribution in [3.63, 3.8) is 0 Å². The van der Waals surface area contributed by atoms with Crippen LogP contribution in [0.4, 0.5) is 0 Å². The molecule has 0 aromatic heterocycles. The third-order valence-electron chi connectivity index (χ3n) is 4.38. The van der Waals surface area contributed by atoms with Crippen molar-refractivity contribution in [3.05, 3.63) is 35.4 Å². The molecule has 0 aliphatic carbocycles. The van der Waals surface area contributed by atoms with E-state index in [1.54, 1.807) is 0 Å². The standard InChI is InChI=1S/C10H21N.C8H10/c1-4-6-10(5-2)7-8-11(3)9-10;1-7-3-5-8(2)6-4-7/h4-9H2,1-3H3;3-6H,1-2H3. The summed E-state index contributed by atoms with van der Waals surface area (Å²) in [5, 5.41) is 0. The van der Waals surface area contributed by atoms with Gasteiger partial charge in [-0.05, 0) is 52.1 Å². The maximum Gasteiger partial charge on any atom is 0.00353 e. The van der Waals surface area contributed by atoms with Crippen LogP contribution < -0.4 is 0 Å². The molecule has 19 heavy (non-hydrogen) atoms. The third-order valence-corrected chi connectivity index (χ3v) is 4.38. The molecular weight excluding hydrogens is 230 g/mol. The number of nitrogens with zero attached hydrogens (tertiary/aromatic N) is 1. The fourth-order valence-electron chi connectivity index (χ4n) is 3.00. The number of hydrogen-bond acceptors (Lipinski definition) is 1. The summed E-state index contributed by atoms with van der Waals surface area (Å²) in [4.78, 5) is 2.47. The second kappa shape index (κ2) is 7.69. The second-order valence-corrected chi connectivity index (χ2v) is 6.25. The van der Waals surface area contributed by atoms with Gasteiger partial charge >= 0.3 is 0 Å². The van der Waals surface area contributed by atoms with Crippen LogP contribution in [0.2, 0.25) is 0 Å². The summed E-state index contributed by atoms with van der Waals surface area (Å²) in [7, 11) is 2.24. The first-order chi connectivity index (χ1) is 9.01. The first kappa shape index (κ1) is 16.2. The predicted molar refractivity (Wildman–Crippen MR) is 85.7 cm³/mol. The lowest BCUT2D eigenvalue weighted by Crippen LogP contribution is -2.24. The van der Waals surface area contributed by atoms with Gasteiger partial charge in [-0.3, -0.25) is 0 Å². The van der Waals surface area contributed by atoms with E-state index >= 15 is 0 Å². The van der Waals surface area contributed by atoms with E-state index in [0.717, 1.165) is 0 Å². The lowest BCUT2D eigenvalue weighted by Gasteiger charge is -2.26. The van der Waals surface area contributed by atoms with Gasteiger partial charge in [-0.1, -0.05) is 55.7 Å². The van der Waals surface area contributed by atoms with E-state index in [4.69, 9.17) is 0 Å². The molecule has 1 unspecified atom stereocenters. The molecule has 1 heterocycles. The van der Waals surface area contributed by atoms with Crippen molar-refractivity contribution in [3.8, 4) is 0 Å². The molecule has 0 N–H and O–H groups in total. The molecule has 108 valence electrons. The van der Waals surface area contributed by atoms with Gasteiger partial charge in [0, 0.05) is 6.54 Å². The number of hydrogen-bond donors (Lipinski definition) is 0. The van der Waals surface area contributed by atoms with Gasteiger partial charge in [-0.15, -0.1) is 0 Å². The highest BCUT2D eigenvalue weighted by Crippen LogP contribution is 2.37. The van der Waals surface area contributed by atoms with Crippen LogP contribution >= 0.6 is 0 Å². The highest BCUT2D eigenvalue weighted by atomic mass is 15.1. The minimum absolute atomic E-state index is 0.684. The maximum atomic E-state index is 2.47. The Labute approximate surface area is 120 Å². The van der Waals surface area contributed by atoms with Crippen molar-refractivity contribution < 1.29 is 0 Å². The van der Waals surface area contributed by atoms with E-state index in [1.165, 1.54) is 49.9 Å². The highest BCUT2D eigenvalue weighted by Gasteiger charge is 2.33. The Hall–Kier alpha value is -0.820. The van der Waals surface area contributed by atoms with Crippen molar-refractivity contribution in [2.45, 2.75) is 53.4 Å². The van der Waals surface area contributed by atoms with Crippen LogP contribution in [0.15, 0.2) is 24.3 Å². The van der Waals surface area contributed by atoms with Crippen LogP contribution in [-0.4, -0.2) is 25.0 Å². The Morgan fingerprint density at radius 2 is 1.58 bits per heavy atom. The van der Waals surface area contributed by atoms with E-state index < -0.39 is 0 Å². The molecule has 1 fully saturated rings. The van der Waals surface area contributed by atoms with Gasteiger partial charge in [-0.25, -0.2) is 0 Å².